The van der Waals surface area contributed by atoms with Gasteiger partial charge in [0.2, 0.25) is 0 Å². The first-order chi connectivity index (χ1) is 8.51. The van der Waals surface area contributed by atoms with E-state index in [0.29, 0.717) is 12.8 Å². The number of hydrogen-bond donors (Lipinski definition) is 3. The normalized spacial score (nSPS) is 52.6. The maximum absolute atomic E-state index is 12.3. The number of hydrogen-bond acceptors (Lipinski definition) is 4. The van der Waals surface area contributed by atoms with Crippen LogP contribution < -0.4 is 0 Å². The van der Waals surface area contributed by atoms with Crippen LogP contribution in [0.4, 0.5) is 0 Å². The summed E-state index contributed by atoms with van der Waals surface area (Å²) >= 11 is 0. The number of aliphatic hydroxyl groups is 3. The molecule has 3 unspecified atom stereocenters. The van der Waals surface area contributed by atoms with Crippen molar-refractivity contribution >= 4 is 5.78 Å². The largest absolute Gasteiger partial charge is 0.390 e. The summed E-state index contributed by atoms with van der Waals surface area (Å²) in [5, 5.41) is 32.3. The van der Waals surface area contributed by atoms with Crippen molar-refractivity contribution in [3.05, 3.63) is 11.6 Å². The van der Waals surface area contributed by atoms with Crippen molar-refractivity contribution in [2.45, 2.75) is 57.3 Å². The van der Waals surface area contributed by atoms with Gasteiger partial charge in [-0.3, -0.25) is 4.79 Å². The average Bonchev–Trinajstić information content (AvgIpc) is 2.22. The van der Waals surface area contributed by atoms with Crippen molar-refractivity contribution < 1.29 is 20.1 Å². The molecule has 4 aliphatic carbocycles. The summed E-state index contributed by atoms with van der Waals surface area (Å²) in [5.41, 5.74) is -4.18. The van der Waals surface area contributed by atoms with Crippen LogP contribution in [0.15, 0.2) is 11.6 Å². The number of carbonyl (C=O) groups is 1. The summed E-state index contributed by atoms with van der Waals surface area (Å²) in [5.74, 6) is -1.15. The number of fused-ring (bicyclic) bond motifs is 1. The molecule has 0 aromatic carbocycles. The fourth-order valence-corrected chi connectivity index (χ4v) is 5.34. The minimum absolute atomic E-state index is 0.243. The molecule has 3 N–H and O–H groups in total. The molecule has 0 aliphatic heterocycles. The van der Waals surface area contributed by atoms with Crippen LogP contribution in [0.5, 0.6) is 0 Å². The maximum Gasteiger partial charge on any atom is 0.190 e. The van der Waals surface area contributed by atoms with Crippen LogP contribution in [0, 0.1) is 17.3 Å². The van der Waals surface area contributed by atoms with Gasteiger partial charge in [0.25, 0.3) is 0 Å². The van der Waals surface area contributed by atoms with Gasteiger partial charge in [-0.05, 0) is 39.7 Å². The molecule has 4 rings (SSSR count). The minimum atomic E-state index is -1.74. The van der Waals surface area contributed by atoms with Gasteiger partial charge >= 0.3 is 0 Å². The Hall–Kier alpha value is -0.710. The molecule has 4 aliphatic rings. The quantitative estimate of drug-likeness (QED) is 0.656. The van der Waals surface area contributed by atoms with E-state index in [4.69, 9.17) is 0 Å². The molecule has 4 nitrogen and oxygen atoms in total. The molecule has 4 bridgehead atoms. The smallest absolute Gasteiger partial charge is 0.190 e. The Morgan fingerprint density at radius 2 is 1.95 bits per heavy atom. The van der Waals surface area contributed by atoms with Crippen LogP contribution in [0.2, 0.25) is 0 Å². The molecular formula is C15H22O4. The van der Waals surface area contributed by atoms with Crippen LogP contribution in [0.25, 0.3) is 0 Å². The molecule has 106 valence electrons. The predicted molar refractivity (Wildman–Crippen MR) is 69.3 cm³/mol. The highest BCUT2D eigenvalue weighted by Crippen LogP contribution is 2.75. The molecule has 2 saturated carbocycles. The average molecular weight is 266 g/mol. The predicted octanol–water partition coefficient (Wildman–Crippen LogP) is 0.795. The zero-order valence-corrected chi connectivity index (χ0v) is 11.9. The highest BCUT2D eigenvalue weighted by molar-refractivity contribution is 6.03. The Kier molecular flexibility index (Phi) is 2.19. The number of carbonyl (C=O) groups excluding carboxylic acids is 1. The third-order valence-corrected chi connectivity index (χ3v) is 5.99. The topological polar surface area (TPSA) is 77.8 Å². The van der Waals surface area contributed by atoms with Crippen LogP contribution in [0.1, 0.15) is 40.5 Å². The van der Waals surface area contributed by atoms with Gasteiger partial charge < -0.3 is 15.3 Å². The lowest BCUT2D eigenvalue weighted by Gasteiger charge is -2.77. The summed E-state index contributed by atoms with van der Waals surface area (Å²) in [4.78, 5) is 12.3. The van der Waals surface area contributed by atoms with Crippen molar-refractivity contribution in [2.75, 3.05) is 0 Å². The van der Waals surface area contributed by atoms with E-state index in [9.17, 15) is 20.1 Å². The van der Waals surface area contributed by atoms with Crippen LogP contribution in [-0.2, 0) is 4.79 Å². The standard InChI is InChI=1S/C15H22O4/c1-8-7-10(16)15(19)13(4)6-5-9(12(2,3)17)14(15,18)11(8)13/h7,9,11,17-19H,5-6H2,1-4H3/t9-,11?,13-,14?,15?/m0/s1. The van der Waals surface area contributed by atoms with Gasteiger partial charge in [-0.15, -0.1) is 0 Å². The van der Waals surface area contributed by atoms with Crippen molar-refractivity contribution in [1.82, 2.24) is 0 Å². The van der Waals surface area contributed by atoms with Crippen LogP contribution in [0.3, 0.4) is 0 Å². The Morgan fingerprint density at radius 1 is 1.37 bits per heavy atom. The van der Waals surface area contributed by atoms with Gasteiger partial charge in [-0.1, -0.05) is 12.5 Å². The second-order valence-corrected chi connectivity index (χ2v) is 7.38. The van der Waals surface area contributed by atoms with Gasteiger partial charge in [0.15, 0.2) is 11.4 Å². The highest BCUT2D eigenvalue weighted by Gasteiger charge is 2.86. The van der Waals surface area contributed by atoms with E-state index in [0.717, 1.165) is 5.57 Å². The first kappa shape index (κ1) is 13.3. The van der Waals surface area contributed by atoms with E-state index < -0.39 is 33.9 Å². The molecule has 0 heterocycles. The lowest BCUT2D eigenvalue weighted by Crippen LogP contribution is -2.90. The molecule has 0 spiro atoms. The van der Waals surface area contributed by atoms with Gasteiger partial charge in [-0.25, -0.2) is 0 Å². The van der Waals surface area contributed by atoms with Crippen molar-refractivity contribution in [1.29, 1.82) is 0 Å². The first-order valence-electron chi connectivity index (χ1n) is 6.91. The minimum Gasteiger partial charge on any atom is -0.390 e. The fourth-order valence-electron chi connectivity index (χ4n) is 5.34. The number of ketones is 1. The monoisotopic (exact) mass is 266 g/mol. The van der Waals surface area contributed by atoms with E-state index >= 15 is 0 Å². The number of rotatable bonds is 1. The van der Waals surface area contributed by atoms with E-state index in [1.165, 1.54) is 6.08 Å². The molecule has 0 saturated heterocycles. The lowest BCUT2D eigenvalue weighted by molar-refractivity contribution is -0.377. The Balaban J connectivity index is 2.22. The van der Waals surface area contributed by atoms with Crippen LogP contribution in [-0.4, -0.2) is 37.9 Å². The fraction of sp³-hybridized carbons (Fsp3) is 0.800. The van der Waals surface area contributed by atoms with Crippen molar-refractivity contribution in [3.8, 4) is 0 Å². The van der Waals surface area contributed by atoms with Gasteiger partial charge in [0.1, 0.15) is 5.60 Å². The second kappa shape index (κ2) is 3.13. The highest BCUT2D eigenvalue weighted by atomic mass is 16.4. The molecule has 0 amide bonds. The van der Waals surface area contributed by atoms with Crippen molar-refractivity contribution in [2.24, 2.45) is 17.3 Å². The molecule has 0 aromatic heterocycles. The zero-order valence-electron chi connectivity index (χ0n) is 11.9. The summed E-state index contributed by atoms with van der Waals surface area (Å²) in [6.45, 7) is 6.98. The zero-order chi connectivity index (χ0) is 14.4. The third kappa shape index (κ3) is 1.08. The van der Waals surface area contributed by atoms with Gasteiger partial charge in [0.05, 0.1) is 5.60 Å². The summed E-state index contributed by atoms with van der Waals surface area (Å²) in [7, 11) is 0. The van der Waals surface area contributed by atoms with E-state index in [1.54, 1.807) is 13.8 Å². The summed E-state index contributed by atoms with van der Waals surface area (Å²) in [6.07, 6.45) is 2.71. The van der Waals surface area contributed by atoms with E-state index in [2.05, 4.69) is 0 Å². The molecule has 5 atom stereocenters. The van der Waals surface area contributed by atoms with Crippen molar-refractivity contribution in [3.63, 3.8) is 0 Å². The Bertz CT molecular complexity index is 503. The Labute approximate surface area is 113 Å². The second-order valence-electron chi connectivity index (χ2n) is 7.38. The molecule has 2 fully saturated rings. The van der Waals surface area contributed by atoms with Crippen LogP contribution >= 0.6 is 0 Å². The SMILES string of the molecule is CC1=CC(=O)C2(O)C3(O)C1[C@]2(C)CC[C@H]3C(C)(C)O. The molecule has 4 heteroatoms. The first-order valence-corrected chi connectivity index (χ1v) is 6.91. The van der Waals surface area contributed by atoms with Gasteiger partial charge in [-0.2, -0.15) is 0 Å². The lowest BCUT2D eigenvalue weighted by atomic mass is 9.29. The Morgan fingerprint density at radius 3 is 2.47 bits per heavy atom. The molecular weight excluding hydrogens is 244 g/mol. The summed E-state index contributed by atoms with van der Waals surface area (Å²) < 4.78 is 0. The molecule has 0 aromatic rings. The molecule has 19 heavy (non-hydrogen) atoms. The molecule has 0 radical (unpaired) electrons. The third-order valence-electron chi connectivity index (χ3n) is 5.99. The summed E-state index contributed by atoms with van der Waals surface area (Å²) in [6, 6.07) is 0. The van der Waals surface area contributed by atoms with E-state index in [-0.39, 0.29) is 5.92 Å². The maximum atomic E-state index is 12.3. The van der Waals surface area contributed by atoms with Gasteiger partial charge in [0, 0.05) is 17.3 Å². The van der Waals surface area contributed by atoms with E-state index in [1.807, 2.05) is 13.8 Å².